The maximum absolute atomic E-state index is 12.2. The highest BCUT2D eigenvalue weighted by atomic mass is 79.9. The number of halogens is 1. The Morgan fingerprint density at radius 2 is 1.61 bits per heavy atom. The lowest BCUT2D eigenvalue weighted by Crippen LogP contribution is -2.48. The van der Waals surface area contributed by atoms with E-state index in [0.717, 1.165) is 22.3 Å². The van der Waals surface area contributed by atoms with Crippen LogP contribution in [0.25, 0.3) is 11.1 Å². The van der Waals surface area contributed by atoms with Crippen molar-refractivity contribution in [1.29, 1.82) is 0 Å². The van der Waals surface area contributed by atoms with E-state index in [2.05, 4.69) is 21.2 Å². The summed E-state index contributed by atoms with van der Waals surface area (Å²) in [5.41, 5.74) is 4.34. The van der Waals surface area contributed by atoms with E-state index in [4.69, 9.17) is 4.74 Å². The van der Waals surface area contributed by atoms with Gasteiger partial charge in [-0.3, -0.25) is 4.79 Å². The van der Waals surface area contributed by atoms with Gasteiger partial charge in [0, 0.05) is 11.8 Å². The number of amides is 1. The van der Waals surface area contributed by atoms with E-state index in [0.29, 0.717) is 0 Å². The Labute approximate surface area is 171 Å². The molecule has 0 heterocycles. The summed E-state index contributed by atoms with van der Waals surface area (Å²) >= 11 is 3.02. The Morgan fingerprint density at radius 1 is 1.07 bits per heavy atom. The number of fused-ring (bicyclic) bond motifs is 3. The van der Waals surface area contributed by atoms with E-state index in [1.54, 1.807) is 0 Å². The molecule has 28 heavy (non-hydrogen) atoms. The molecule has 146 valence electrons. The average molecular weight is 446 g/mol. The lowest BCUT2D eigenvalue weighted by molar-refractivity contribution is -0.142. The number of Topliss-reactive ketones (excluding diaryl/α,β-unsaturated/α-hetero) is 1. The first-order chi connectivity index (χ1) is 13.4. The van der Waals surface area contributed by atoms with E-state index in [1.165, 1.54) is 6.92 Å². The number of aliphatic carboxylic acids is 1. The van der Waals surface area contributed by atoms with Gasteiger partial charge in [-0.25, -0.2) is 9.59 Å². The lowest BCUT2D eigenvalue weighted by atomic mass is 9.98. The van der Waals surface area contributed by atoms with Gasteiger partial charge in [-0.1, -0.05) is 71.4 Å². The van der Waals surface area contributed by atoms with E-state index < -0.39 is 24.0 Å². The highest BCUT2D eigenvalue weighted by Crippen LogP contribution is 2.44. The van der Waals surface area contributed by atoms with Gasteiger partial charge in [-0.05, 0) is 22.3 Å². The van der Waals surface area contributed by atoms with Gasteiger partial charge in [0.05, 0.1) is 5.33 Å². The fourth-order valence-corrected chi connectivity index (χ4v) is 3.99. The summed E-state index contributed by atoms with van der Waals surface area (Å²) in [6.45, 7) is 1.54. The topological polar surface area (TPSA) is 92.7 Å². The number of rotatable bonds is 7. The third kappa shape index (κ3) is 3.94. The normalized spacial score (nSPS) is 14.5. The maximum Gasteiger partial charge on any atom is 0.407 e. The molecule has 0 bridgehead atoms. The monoisotopic (exact) mass is 445 g/mol. The molecule has 7 heteroatoms. The molecule has 1 aliphatic carbocycles. The Balaban J connectivity index is 1.71. The number of carbonyl (C=O) groups is 3. The molecule has 0 saturated heterocycles. The Morgan fingerprint density at radius 3 is 2.11 bits per heavy atom. The van der Waals surface area contributed by atoms with Gasteiger partial charge in [0.25, 0.3) is 0 Å². The number of alkyl carbamates (subject to hydrolysis) is 1. The number of carboxylic acid groups (broad SMARTS) is 1. The molecular formula is C21H20BrNO5. The number of ketones is 1. The highest BCUT2D eigenvalue weighted by Gasteiger charge is 2.33. The van der Waals surface area contributed by atoms with Gasteiger partial charge < -0.3 is 15.2 Å². The summed E-state index contributed by atoms with van der Waals surface area (Å²) in [6.07, 6.45) is -0.858. The number of hydrogen-bond donors (Lipinski definition) is 2. The SMILES string of the molecule is CC(C(=O)CBr)[C@@H](NC(=O)OCC1c2ccccc2-c2ccccc21)C(=O)O. The smallest absolute Gasteiger partial charge is 0.407 e. The zero-order valence-electron chi connectivity index (χ0n) is 15.2. The molecule has 0 aliphatic heterocycles. The molecule has 0 saturated carbocycles. The Kier molecular flexibility index (Phi) is 6.14. The minimum atomic E-state index is -1.35. The van der Waals surface area contributed by atoms with Crippen molar-refractivity contribution in [2.75, 3.05) is 11.9 Å². The van der Waals surface area contributed by atoms with E-state index in [9.17, 15) is 19.5 Å². The minimum absolute atomic E-state index is 0.0182. The van der Waals surface area contributed by atoms with Crippen molar-refractivity contribution in [2.45, 2.75) is 18.9 Å². The lowest BCUT2D eigenvalue weighted by Gasteiger charge is -2.20. The quantitative estimate of drug-likeness (QED) is 0.635. The summed E-state index contributed by atoms with van der Waals surface area (Å²) in [5, 5.41) is 11.7. The molecule has 2 aromatic carbocycles. The molecule has 2 aromatic rings. The number of hydrogen-bond acceptors (Lipinski definition) is 4. The molecule has 1 unspecified atom stereocenters. The number of nitrogens with one attached hydrogen (secondary N) is 1. The maximum atomic E-state index is 12.2. The molecule has 2 atom stereocenters. The van der Waals surface area contributed by atoms with Crippen molar-refractivity contribution < 1.29 is 24.2 Å². The molecule has 3 rings (SSSR count). The van der Waals surface area contributed by atoms with Crippen molar-refractivity contribution >= 4 is 33.8 Å². The van der Waals surface area contributed by atoms with Crippen molar-refractivity contribution in [2.24, 2.45) is 5.92 Å². The zero-order valence-corrected chi connectivity index (χ0v) is 16.8. The predicted molar refractivity (Wildman–Crippen MR) is 108 cm³/mol. The van der Waals surface area contributed by atoms with Crippen LogP contribution in [0.5, 0.6) is 0 Å². The largest absolute Gasteiger partial charge is 0.480 e. The average Bonchev–Trinajstić information content (AvgIpc) is 3.03. The number of carboxylic acids is 1. The molecule has 0 aromatic heterocycles. The second kappa shape index (κ2) is 8.56. The van der Waals surface area contributed by atoms with Crippen LogP contribution >= 0.6 is 15.9 Å². The zero-order chi connectivity index (χ0) is 20.3. The van der Waals surface area contributed by atoms with Crippen LogP contribution in [0.4, 0.5) is 4.79 Å². The van der Waals surface area contributed by atoms with Crippen LogP contribution in [0.1, 0.15) is 24.0 Å². The Hall–Kier alpha value is -2.67. The standard InChI is InChI=1S/C21H20BrNO5/c1-12(18(24)10-22)19(20(25)26)23-21(27)28-11-17-15-8-4-2-6-13(15)14-7-3-5-9-16(14)17/h2-9,12,17,19H,10-11H2,1H3,(H,23,27)(H,25,26)/t12?,19-/m1/s1. The van der Waals surface area contributed by atoms with Crippen molar-refractivity contribution in [3.05, 3.63) is 59.7 Å². The fourth-order valence-electron chi connectivity index (χ4n) is 3.48. The second-order valence-electron chi connectivity index (χ2n) is 6.67. The van der Waals surface area contributed by atoms with Crippen LogP contribution in [-0.4, -0.2) is 40.9 Å². The van der Waals surface area contributed by atoms with Crippen LogP contribution in [0, 0.1) is 5.92 Å². The van der Waals surface area contributed by atoms with Crippen LogP contribution < -0.4 is 5.32 Å². The molecule has 2 N–H and O–H groups in total. The molecule has 6 nitrogen and oxygen atoms in total. The predicted octanol–water partition coefficient (Wildman–Crippen LogP) is 3.58. The number of alkyl halides is 1. The Bertz CT molecular complexity index is 868. The fraction of sp³-hybridized carbons (Fsp3) is 0.286. The van der Waals surface area contributed by atoms with Gasteiger partial charge in [-0.2, -0.15) is 0 Å². The summed E-state index contributed by atoms with van der Waals surface area (Å²) in [7, 11) is 0. The first kappa shape index (κ1) is 20.1. The van der Waals surface area contributed by atoms with Gasteiger partial charge in [0.1, 0.15) is 18.4 Å². The van der Waals surface area contributed by atoms with Crippen molar-refractivity contribution in [1.82, 2.24) is 5.32 Å². The second-order valence-corrected chi connectivity index (χ2v) is 7.24. The third-order valence-electron chi connectivity index (χ3n) is 5.02. The molecule has 0 spiro atoms. The highest BCUT2D eigenvalue weighted by molar-refractivity contribution is 9.09. The first-order valence-electron chi connectivity index (χ1n) is 8.87. The van der Waals surface area contributed by atoms with Crippen LogP contribution in [-0.2, 0) is 14.3 Å². The summed E-state index contributed by atoms with van der Waals surface area (Å²) in [6, 6.07) is 14.5. The summed E-state index contributed by atoms with van der Waals surface area (Å²) in [4.78, 5) is 35.5. The summed E-state index contributed by atoms with van der Waals surface area (Å²) < 4.78 is 5.35. The van der Waals surface area contributed by atoms with Crippen LogP contribution in [0.15, 0.2) is 48.5 Å². The number of carbonyl (C=O) groups excluding carboxylic acids is 2. The molecule has 1 aliphatic rings. The van der Waals surface area contributed by atoms with E-state index >= 15 is 0 Å². The van der Waals surface area contributed by atoms with Gasteiger partial charge >= 0.3 is 12.1 Å². The minimum Gasteiger partial charge on any atom is -0.480 e. The molecule has 0 fully saturated rings. The van der Waals surface area contributed by atoms with Gasteiger partial charge in [0.2, 0.25) is 0 Å². The molecular weight excluding hydrogens is 426 g/mol. The molecule has 0 radical (unpaired) electrons. The third-order valence-corrected chi connectivity index (χ3v) is 5.58. The van der Waals surface area contributed by atoms with Crippen molar-refractivity contribution in [3.8, 4) is 11.1 Å². The van der Waals surface area contributed by atoms with Crippen LogP contribution in [0.3, 0.4) is 0 Å². The van der Waals surface area contributed by atoms with E-state index in [1.807, 2.05) is 48.5 Å². The van der Waals surface area contributed by atoms with Crippen LogP contribution in [0.2, 0.25) is 0 Å². The van der Waals surface area contributed by atoms with Gasteiger partial charge in [-0.15, -0.1) is 0 Å². The number of benzene rings is 2. The summed E-state index contributed by atoms with van der Waals surface area (Å²) in [5.74, 6) is -2.60. The van der Waals surface area contributed by atoms with Crippen molar-refractivity contribution in [3.63, 3.8) is 0 Å². The van der Waals surface area contributed by atoms with E-state index in [-0.39, 0.29) is 23.6 Å². The first-order valence-corrected chi connectivity index (χ1v) is 9.99. The number of ether oxygens (including phenoxy) is 1. The molecule has 1 amide bonds. The van der Waals surface area contributed by atoms with Gasteiger partial charge in [0.15, 0.2) is 0 Å².